The van der Waals surface area contributed by atoms with Gasteiger partial charge in [-0.3, -0.25) is 9.69 Å². The lowest BCUT2D eigenvalue weighted by Gasteiger charge is -2.40. The van der Waals surface area contributed by atoms with Gasteiger partial charge in [0.25, 0.3) is 5.91 Å². The van der Waals surface area contributed by atoms with E-state index in [0.717, 1.165) is 45.6 Å². The van der Waals surface area contributed by atoms with Crippen LogP contribution in [0.1, 0.15) is 35.7 Å². The van der Waals surface area contributed by atoms with Crippen molar-refractivity contribution in [1.29, 1.82) is 0 Å². The SMILES string of the molecule is CC1CN(Cc2ccccc2)CCN1C(=O)c1ccc(N2CCCC2)c(F)c1. The molecular weight excluding hydrogens is 353 g/mol. The third-order valence-corrected chi connectivity index (χ3v) is 5.86. The highest BCUT2D eigenvalue weighted by molar-refractivity contribution is 5.95. The number of anilines is 1. The molecule has 2 saturated heterocycles. The standard InChI is InChI=1S/C23H28FN3O/c1-18-16-25(17-19-7-3-2-4-8-19)13-14-27(18)23(28)20-9-10-22(21(24)15-20)26-11-5-6-12-26/h2-4,7-10,15,18H,5-6,11-14,16-17H2,1H3. The van der Waals surface area contributed by atoms with E-state index < -0.39 is 0 Å². The van der Waals surface area contributed by atoms with Gasteiger partial charge in [0.2, 0.25) is 0 Å². The van der Waals surface area contributed by atoms with Crippen LogP contribution in [0.4, 0.5) is 10.1 Å². The molecular formula is C23H28FN3O. The molecule has 0 radical (unpaired) electrons. The number of rotatable bonds is 4. The van der Waals surface area contributed by atoms with Crippen molar-refractivity contribution < 1.29 is 9.18 Å². The second-order valence-electron chi connectivity index (χ2n) is 7.93. The van der Waals surface area contributed by atoms with Gasteiger partial charge in [0, 0.05) is 50.9 Å². The third kappa shape index (κ3) is 4.04. The lowest BCUT2D eigenvalue weighted by atomic mass is 10.1. The highest BCUT2D eigenvalue weighted by atomic mass is 19.1. The van der Waals surface area contributed by atoms with Crippen molar-refractivity contribution >= 4 is 11.6 Å². The second kappa shape index (κ2) is 8.31. The fourth-order valence-electron chi connectivity index (χ4n) is 4.34. The molecule has 0 spiro atoms. The van der Waals surface area contributed by atoms with Crippen LogP contribution in [0.5, 0.6) is 0 Å². The molecule has 0 aliphatic carbocycles. The molecule has 148 valence electrons. The molecule has 4 nitrogen and oxygen atoms in total. The molecule has 0 N–H and O–H groups in total. The number of carbonyl (C=O) groups excluding carboxylic acids is 1. The van der Waals surface area contributed by atoms with Gasteiger partial charge >= 0.3 is 0 Å². The van der Waals surface area contributed by atoms with Crippen LogP contribution >= 0.6 is 0 Å². The summed E-state index contributed by atoms with van der Waals surface area (Å²) in [5, 5.41) is 0. The first-order valence-corrected chi connectivity index (χ1v) is 10.2. The average molecular weight is 381 g/mol. The van der Waals surface area contributed by atoms with Gasteiger partial charge in [-0.15, -0.1) is 0 Å². The minimum absolute atomic E-state index is 0.0706. The first-order chi connectivity index (χ1) is 13.6. The summed E-state index contributed by atoms with van der Waals surface area (Å²) in [5.41, 5.74) is 2.35. The molecule has 28 heavy (non-hydrogen) atoms. The van der Waals surface area contributed by atoms with E-state index in [1.54, 1.807) is 12.1 Å². The van der Waals surface area contributed by atoms with E-state index in [-0.39, 0.29) is 17.8 Å². The molecule has 2 fully saturated rings. The van der Waals surface area contributed by atoms with E-state index in [2.05, 4.69) is 41.0 Å². The Hall–Kier alpha value is -2.40. The van der Waals surface area contributed by atoms with Crippen LogP contribution in [0.2, 0.25) is 0 Å². The van der Waals surface area contributed by atoms with Gasteiger partial charge in [-0.2, -0.15) is 0 Å². The van der Waals surface area contributed by atoms with E-state index >= 15 is 0 Å². The van der Waals surface area contributed by atoms with Crippen LogP contribution in [0, 0.1) is 5.82 Å². The normalized spacial score (nSPS) is 20.6. The summed E-state index contributed by atoms with van der Waals surface area (Å²) in [5.74, 6) is -0.359. The highest BCUT2D eigenvalue weighted by Gasteiger charge is 2.28. The molecule has 1 unspecified atom stereocenters. The second-order valence-corrected chi connectivity index (χ2v) is 7.93. The van der Waals surface area contributed by atoms with Gasteiger partial charge < -0.3 is 9.80 Å². The largest absolute Gasteiger partial charge is 0.369 e. The van der Waals surface area contributed by atoms with E-state index in [1.165, 1.54) is 11.6 Å². The van der Waals surface area contributed by atoms with Crippen molar-refractivity contribution in [2.24, 2.45) is 0 Å². The lowest BCUT2D eigenvalue weighted by Crippen LogP contribution is -2.53. The maximum absolute atomic E-state index is 14.6. The summed E-state index contributed by atoms with van der Waals surface area (Å²) in [6.07, 6.45) is 2.20. The Balaban J connectivity index is 1.40. The third-order valence-electron chi connectivity index (χ3n) is 5.86. The molecule has 2 aliphatic rings. The molecule has 1 amide bonds. The smallest absolute Gasteiger partial charge is 0.254 e. The van der Waals surface area contributed by atoms with Gasteiger partial charge in [-0.05, 0) is 43.5 Å². The number of piperazine rings is 1. The van der Waals surface area contributed by atoms with Crippen LogP contribution in [-0.2, 0) is 6.54 Å². The topological polar surface area (TPSA) is 26.8 Å². The quantitative estimate of drug-likeness (QED) is 0.807. The molecule has 5 heteroatoms. The van der Waals surface area contributed by atoms with Crippen LogP contribution in [0.25, 0.3) is 0 Å². The number of benzene rings is 2. The maximum Gasteiger partial charge on any atom is 0.254 e. The number of nitrogens with zero attached hydrogens (tertiary/aromatic N) is 3. The monoisotopic (exact) mass is 381 g/mol. The summed E-state index contributed by atoms with van der Waals surface area (Å²) >= 11 is 0. The lowest BCUT2D eigenvalue weighted by molar-refractivity contribution is 0.0475. The number of amides is 1. The van der Waals surface area contributed by atoms with Gasteiger partial charge in [-0.25, -0.2) is 4.39 Å². The van der Waals surface area contributed by atoms with Gasteiger partial charge in [0.05, 0.1) is 5.69 Å². The molecule has 2 heterocycles. The van der Waals surface area contributed by atoms with Crippen molar-refractivity contribution in [3.8, 4) is 0 Å². The van der Waals surface area contributed by atoms with E-state index in [4.69, 9.17) is 0 Å². The first-order valence-electron chi connectivity index (χ1n) is 10.2. The molecule has 1 atom stereocenters. The highest BCUT2D eigenvalue weighted by Crippen LogP contribution is 2.25. The average Bonchev–Trinajstić information content (AvgIpc) is 3.23. The number of hydrogen-bond donors (Lipinski definition) is 0. The van der Waals surface area contributed by atoms with Crippen LogP contribution < -0.4 is 4.90 Å². The zero-order chi connectivity index (χ0) is 19.5. The van der Waals surface area contributed by atoms with Crippen molar-refractivity contribution in [3.05, 3.63) is 65.5 Å². The Morgan fingerprint density at radius 1 is 1.04 bits per heavy atom. The number of halogens is 1. The van der Waals surface area contributed by atoms with E-state index in [1.807, 2.05) is 11.0 Å². The summed E-state index contributed by atoms with van der Waals surface area (Å²) in [6, 6.07) is 15.5. The molecule has 0 aromatic heterocycles. The minimum atomic E-state index is -0.289. The molecule has 0 bridgehead atoms. The summed E-state index contributed by atoms with van der Waals surface area (Å²) in [4.78, 5) is 19.3. The zero-order valence-corrected chi connectivity index (χ0v) is 16.5. The molecule has 2 aromatic rings. The van der Waals surface area contributed by atoms with Gasteiger partial charge in [0.15, 0.2) is 0 Å². The van der Waals surface area contributed by atoms with E-state index in [9.17, 15) is 9.18 Å². The molecule has 0 saturated carbocycles. The molecule has 2 aromatic carbocycles. The van der Waals surface area contributed by atoms with Crippen molar-refractivity contribution in [1.82, 2.24) is 9.80 Å². The first kappa shape index (κ1) is 18.9. The van der Waals surface area contributed by atoms with E-state index in [0.29, 0.717) is 17.8 Å². The minimum Gasteiger partial charge on any atom is -0.369 e. The zero-order valence-electron chi connectivity index (χ0n) is 16.5. The Kier molecular flexibility index (Phi) is 5.62. The summed E-state index contributed by atoms with van der Waals surface area (Å²) in [7, 11) is 0. The van der Waals surface area contributed by atoms with Crippen molar-refractivity contribution in [3.63, 3.8) is 0 Å². The Labute approximate surface area is 166 Å². The predicted molar refractivity (Wildman–Crippen MR) is 110 cm³/mol. The van der Waals surface area contributed by atoms with Crippen LogP contribution in [0.15, 0.2) is 48.5 Å². The Bertz CT molecular complexity index is 820. The molecule has 2 aliphatic heterocycles. The van der Waals surface area contributed by atoms with Crippen LogP contribution in [0.3, 0.4) is 0 Å². The Morgan fingerprint density at radius 3 is 2.46 bits per heavy atom. The van der Waals surface area contributed by atoms with Crippen molar-refractivity contribution in [2.75, 3.05) is 37.6 Å². The van der Waals surface area contributed by atoms with Crippen LogP contribution in [-0.4, -0.2) is 54.5 Å². The summed E-state index contributed by atoms with van der Waals surface area (Å²) < 4.78 is 14.6. The number of carbonyl (C=O) groups is 1. The fourth-order valence-corrected chi connectivity index (χ4v) is 4.34. The predicted octanol–water partition coefficient (Wildman–Crippen LogP) is 3.77. The summed E-state index contributed by atoms with van der Waals surface area (Å²) in [6.45, 7) is 7.09. The van der Waals surface area contributed by atoms with Gasteiger partial charge in [0.1, 0.15) is 5.82 Å². The number of hydrogen-bond acceptors (Lipinski definition) is 3. The molecule has 4 rings (SSSR count). The van der Waals surface area contributed by atoms with Gasteiger partial charge in [-0.1, -0.05) is 30.3 Å². The fraction of sp³-hybridized carbons (Fsp3) is 0.435. The maximum atomic E-state index is 14.6. The Morgan fingerprint density at radius 2 is 1.79 bits per heavy atom. The van der Waals surface area contributed by atoms with Crippen molar-refractivity contribution in [2.45, 2.75) is 32.4 Å².